The third kappa shape index (κ3) is 4.02. The van der Waals surface area contributed by atoms with Gasteiger partial charge in [0.2, 0.25) is 0 Å². The number of likely N-dealkylation sites (tertiary alicyclic amines) is 1. The van der Waals surface area contributed by atoms with Crippen LogP contribution in [0.25, 0.3) is 0 Å². The van der Waals surface area contributed by atoms with Gasteiger partial charge in [-0.25, -0.2) is 9.37 Å². The molecular weight excluding hydrogens is 287 g/mol. The monoisotopic (exact) mass is 306 g/mol. The number of halogens is 1. The topological polar surface area (TPSA) is 25.4 Å². The Balaban J connectivity index is 1.52. The lowest BCUT2D eigenvalue weighted by atomic mass is 9.98. The van der Waals surface area contributed by atoms with Crippen LogP contribution < -0.4 is 4.74 Å². The lowest BCUT2D eigenvalue weighted by molar-refractivity contribution is 0.124. The fraction of sp³-hybridized carbons (Fsp3) is 0.438. The summed E-state index contributed by atoms with van der Waals surface area (Å²) in [5.41, 5.74) is 0.777. The van der Waals surface area contributed by atoms with Crippen LogP contribution in [0, 0.1) is 11.7 Å². The summed E-state index contributed by atoms with van der Waals surface area (Å²) in [6, 6.07) is 7.03. The summed E-state index contributed by atoms with van der Waals surface area (Å²) in [4.78, 5) is 6.45. The molecule has 1 fully saturated rings. The molecule has 0 radical (unpaired) electrons. The van der Waals surface area contributed by atoms with Crippen molar-refractivity contribution in [1.29, 1.82) is 0 Å². The van der Waals surface area contributed by atoms with Crippen molar-refractivity contribution in [2.75, 3.05) is 19.7 Å². The molecule has 0 N–H and O–H groups in total. The second-order valence-corrected chi connectivity index (χ2v) is 6.30. The summed E-state index contributed by atoms with van der Waals surface area (Å²) in [6.07, 6.45) is 4.06. The molecule has 1 atom stereocenters. The number of benzene rings is 1. The molecule has 3 nitrogen and oxygen atoms in total. The average molecular weight is 306 g/mol. The van der Waals surface area contributed by atoms with Gasteiger partial charge in [0.05, 0.1) is 6.61 Å². The highest BCUT2D eigenvalue weighted by atomic mass is 32.1. The number of aromatic nitrogens is 1. The van der Waals surface area contributed by atoms with Crippen molar-refractivity contribution >= 4 is 11.3 Å². The highest BCUT2D eigenvalue weighted by Gasteiger charge is 2.21. The predicted molar refractivity (Wildman–Crippen MR) is 82.0 cm³/mol. The highest BCUT2D eigenvalue weighted by molar-refractivity contribution is 7.11. The second kappa shape index (κ2) is 7.00. The molecule has 2 aromatic rings. The normalized spacial score (nSPS) is 19.6. The van der Waals surface area contributed by atoms with Gasteiger partial charge in [-0.15, -0.1) is 0 Å². The van der Waals surface area contributed by atoms with Gasteiger partial charge in [0.15, 0.2) is 0 Å². The molecule has 21 heavy (non-hydrogen) atoms. The fourth-order valence-corrected chi connectivity index (χ4v) is 3.27. The van der Waals surface area contributed by atoms with Crippen molar-refractivity contribution in [2.45, 2.75) is 19.4 Å². The number of hydrogen-bond acceptors (Lipinski definition) is 4. The number of thiazole rings is 1. The van der Waals surface area contributed by atoms with E-state index < -0.39 is 0 Å². The van der Waals surface area contributed by atoms with Crippen LogP contribution in [0.4, 0.5) is 4.39 Å². The van der Waals surface area contributed by atoms with Crippen LogP contribution in [0.15, 0.2) is 35.8 Å². The standard InChI is InChI=1S/C16H19FN2OS/c17-15-6-2-1-5-14(15)11-19-8-3-4-13(10-19)12-20-16-18-7-9-21-16/h1-2,5-7,9,13H,3-4,8,10-12H2. The van der Waals surface area contributed by atoms with Gasteiger partial charge in [-0.1, -0.05) is 29.5 Å². The average Bonchev–Trinajstić information content (AvgIpc) is 3.01. The van der Waals surface area contributed by atoms with Crippen LogP contribution in [0.1, 0.15) is 18.4 Å². The van der Waals surface area contributed by atoms with E-state index in [1.807, 2.05) is 17.5 Å². The number of hydrogen-bond donors (Lipinski definition) is 0. The van der Waals surface area contributed by atoms with E-state index >= 15 is 0 Å². The minimum Gasteiger partial charge on any atom is -0.470 e. The van der Waals surface area contributed by atoms with Gasteiger partial charge in [0, 0.05) is 36.1 Å². The number of piperidine rings is 1. The molecule has 0 amide bonds. The van der Waals surface area contributed by atoms with Crippen LogP contribution >= 0.6 is 11.3 Å². The SMILES string of the molecule is Fc1ccccc1CN1CCCC(COc2nccs2)C1. The Morgan fingerprint density at radius 3 is 3.10 bits per heavy atom. The molecule has 1 aromatic heterocycles. The van der Waals surface area contributed by atoms with Crippen LogP contribution in [0.2, 0.25) is 0 Å². The Bertz CT molecular complexity index is 561. The molecule has 1 aliphatic rings. The van der Waals surface area contributed by atoms with E-state index in [0.29, 0.717) is 19.1 Å². The summed E-state index contributed by atoms with van der Waals surface area (Å²) in [7, 11) is 0. The molecule has 112 valence electrons. The Morgan fingerprint density at radius 2 is 2.29 bits per heavy atom. The Kier molecular flexibility index (Phi) is 4.83. The first kappa shape index (κ1) is 14.5. The minimum atomic E-state index is -0.112. The maximum absolute atomic E-state index is 13.7. The van der Waals surface area contributed by atoms with Crippen LogP contribution in [0.5, 0.6) is 5.19 Å². The number of ether oxygens (including phenoxy) is 1. The van der Waals surface area contributed by atoms with Crippen LogP contribution in [-0.4, -0.2) is 29.6 Å². The molecule has 1 unspecified atom stereocenters. The summed E-state index contributed by atoms with van der Waals surface area (Å²) >= 11 is 1.52. The molecule has 1 saturated heterocycles. The van der Waals surface area contributed by atoms with Crippen molar-refractivity contribution in [3.8, 4) is 5.19 Å². The maximum atomic E-state index is 13.7. The highest BCUT2D eigenvalue weighted by Crippen LogP contribution is 2.21. The van der Waals surface area contributed by atoms with Crippen molar-refractivity contribution in [1.82, 2.24) is 9.88 Å². The second-order valence-electron chi connectivity index (χ2n) is 5.44. The molecular formula is C16H19FN2OS. The van der Waals surface area contributed by atoms with Gasteiger partial charge >= 0.3 is 0 Å². The third-order valence-corrected chi connectivity index (χ3v) is 4.49. The zero-order valence-corrected chi connectivity index (χ0v) is 12.7. The summed E-state index contributed by atoms with van der Waals surface area (Å²) < 4.78 is 19.4. The van der Waals surface area contributed by atoms with Crippen molar-refractivity contribution in [2.24, 2.45) is 5.92 Å². The Morgan fingerprint density at radius 1 is 1.38 bits per heavy atom. The first-order chi connectivity index (χ1) is 10.3. The van der Waals surface area contributed by atoms with E-state index in [1.54, 1.807) is 12.3 Å². The van der Waals surface area contributed by atoms with Crippen molar-refractivity contribution < 1.29 is 9.13 Å². The first-order valence-electron chi connectivity index (χ1n) is 7.29. The molecule has 0 spiro atoms. The zero-order valence-electron chi connectivity index (χ0n) is 11.9. The fourth-order valence-electron chi connectivity index (χ4n) is 2.77. The summed E-state index contributed by atoms with van der Waals surface area (Å²) in [5, 5.41) is 2.65. The van der Waals surface area contributed by atoms with Gasteiger partial charge < -0.3 is 4.74 Å². The maximum Gasteiger partial charge on any atom is 0.273 e. The van der Waals surface area contributed by atoms with Gasteiger partial charge in [0.1, 0.15) is 5.82 Å². The predicted octanol–water partition coefficient (Wildman–Crippen LogP) is 3.57. The molecule has 5 heteroatoms. The molecule has 0 bridgehead atoms. The van der Waals surface area contributed by atoms with E-state index in [4.69, 9.17) is 4.74 Å². The van der Waals surface area contributed by atoms with Crippen LogP contribution in [0.3, 0.4) is 0 Å². The summed E-state index contributed by atoms with van der Waals surface area (Å²) in [6.45, 7) is 3.36. The molecule has 2 heterocycles. The molecule has 3 rings (SSSR count). The van der Waals surface area contributed by atoms with E-state index in [-0.39, 0.29) is 5.82 Å². The van der Waals surface area contributed by atoms with Gasteiger partial charge in [0.25, 0.3) is 5.19 Å². The van der Waals surface area contributed by atoms with E-state index in [9.17, 15) is 4.39 Å². The van der Waals surface area contributed by atoms with E-state index in [1.165, 1.54) is 23.8 Å². The Labute approximate surface area is 128 Å². The molecule has 1 aliphatic heterocycles. The van der Waals surface area contributed by atoms with E-state index in [0.717, 1.165) is 30.3 Å². The lowest BCUT2D eigenvalue weighted by Crippen LogP contribution is -2.37. The van der Waals surface area contributed by atoms with Gasteiger partial charge in [-0.2, -0.15) is 0 Å². The smallest absolute Gasteiger partial charge is 0.273 e. The minimum absolute atomic E-state index is 0.112. The largest absolute Gasteiger partial charge is 0.470 e. The number of nitrogens with zero attached hydrogens (tertiary/aromatic N) is 2. The van der Waals surface area contributed by atoms with Crippen molar-refractivity contribution in [3.63, 3.8) is 0 Å². The molecule has 0 aliphatic carbocycles. The summed E-state index contributed by atoms with van der Waals surface area (Å²) in [5.74, 6) is 0.382. The van der Waals surface area contributed by atoms with Gasteiger partial charge in [-0.3, -0.25) is 4.90 Å². The lowest BCUT2D eigenvalue weighted by Gasteiger charge is -2.32. The quantitative estimate of drug-likeness (QED) is 0.844. The van der Waals surface area contributed by atoms with E-state index in [2.05, 4.69) is 9.88 Å². The third-order valence-electron chi connectivity index (χ3n) is 3.81. The molecule has 0 saturated carbocycles. The van der Waals surface area contributed by atoms with Crippen LogP contribution in [-0.2, 0) is 6.54 Å². The first-order valence-corrected chi connectivity index (χ1v) is 8.17. The van der Waals surface area contributed by atoms with Gasteiger partial charge in [-0.05, 0) is 25.5 Å². The Hall–Kier alpha value is -1.46. The van der Waals surface area contributed by atoms with Crippen molar-refractivity contribution in [3.05, 3.63) is 47.2 Å². The zero-order chi connectivity index (χ0) is 14.5. The molecule has 1 aromatic carbocycles. The number of rotatable bonds is 5.